The van der Waals surface area contributed by atoms with Crippen molar-refractivity contribution < 1.29 is 0 Å². The van der Waals surface area contributed by atoms with E-state index in [-0.39, 0.29) is 0 Å². The van der Waals surface area contributed by atoms with Gasteiger partial charge in [-0.05, 0) is 25.2 Å². The zero-order valence-corrected chi connectivity index (χ0v) is 7.94. The van der Waals surface area contributed by atoms with Crippen molar-refractivity contribution in [3.63, 3.8) is 0 Å². The van der Waals surface area contributed by atoms with E-state index in [1.165, 1.54) is 12.0 Å². The second-order valence-corrected chi connectivity index (χ2v) is 3.73. The van der Waals surface area contributed by atoms with Crippen LogP contribution in [-0.4, -0.2) is 0 Å². The minimum Gasteiger partial charge on any atom is -0.0851 e. The molecule has 0 bridgehead atoms. The SMILES string of the molecule is C/C(=C/CC(C)C)C(C)C. The molecule has 0 amide bonds. The summed E-state index contributed by atoms with van der Waals surface area (Å²) in [7, 11) is 0. The molecule has 0 aromatic rings. The summed E-state index contributed by atoms with van der Waals surface area (Å²) in [6, 6.07) is 0. The molecule has 0 spiro atoms. The molecular formula is C10H20. The van der Waals surface area contributed by atoms with Crippen molar-refractivity contribution in [2.45, 2.75) is 41.0 Å². The maximum Gasteiger partial charge on any atom is -0.0263 e. The lowest BCUT2D eigenvalue weighted by atomic mass is 10.0. The quantitative estimate of drug-likeness (QED) is 0.525. The van der Waals surface area contributed by atoms with Crippen LogP contribution in [0, 0.1) is 11.8 Å². The van der Waals surface area contributed by atoms with Gasteiger partial charge in [0.2, 0.25) is 0 Å². The smallest absolute Gasteiger partial charge is 0.0263 e. The van der Waals surface area contributed by atoms with E-state index in [4.69, 9.17) is 0 Å². The van der Waals surface area contributed by atoms with Crippen molar-refractivity contribution in [2.75, 3.05) is 0 Å². The lowest BCUT2D eigenvalue weighted by molar-refractivity contribution is 0.651. The molecule has 0 aromatic carbocycles. The topological polar surface area (TPSA) is 0 Å². The average molecular weight is 140 g/mol. The Morgan fingerprint density at radius 3 is 2.00 bits per heavy atom. The molecule has 0 aliphatic carbocycles. The maximum atomic E-state index is 2.36. The first-order valence-corrected chi connectivity index (χ1v) is 4.20. The summed E-state index contributed by atoms with van der Waals surface area (Å²) in [5, 5.41) is 0. The predicted molar refractivity (Wildman–Crippen MR) is 48.1 cm³/mol. The third kappa shape index (κ3) is 4.60. The highest BCUT2D eigenvalue weighted by Gasteiger charge is 1.95. The van der Waals surface area contributed by atoms with E-state index in [0.29, 0.717) is 0 Å². The molecule has 0 saturated heterocycles. The second kappa shape index (κ2) is 4.54. The van der Waals surface area contributed by atoms with E-state index >= 15 is 0 Å². The van der Waals surface area contributed by atoms with Crippen molar-refractivity contribution in [2.24, 2.45) is 11.8 Å². The molecule has 0 rings (SSSR count). The molecule has 10 heavy (non-hydrogen) atoms. The molecule has 0 atom stereocenters. The van der Waals surface area contributed by atoms with Gasteiger partial charge >= 0.3 is 0 Å². The van der Waals surface area contributed by atoms with Crippen LogP contribution in [0.5, 0.6) is 0 Å². The van der Waals surface area contributed by atoms with E-state index in [1.54, 1.807) is 0 Å². The van der Waals surface area contributed by atoms with Gasteiger partial charge in [0.25, 0.3) is 0 Å². The third-order valence-electron chi connectivity index (χ3n) is 1.82. The molecule has 0 radical (unpaired) electrons. The van der Waals surface area contributed by atoms with Crippen LogP contribution in [0.25, 0.3) is 0 Å². The van der Waals surface area contributed by atoms with Crippen molar-refractivity contribution in [1.82, 2.24) is 0 Å². The molecule has 0 unspecified atom stereocenters. The van der Waals surface area contributed by atoms with Crippen LogP contribution in [0.1, 0.15) is 41.0 Å². The monoisotopic (exact) mass is 140 g/mol. The molecule has 0 heterocycles. The molecule has 0 N–H and O–H groups in total. The molecule has 0 fully saturated rings. The first-order valence-electron chi connectivity index (χ1n) is 4.20. The van der Waals surface area contributed by atoms with E-state index in [1.807, 2.05) is 0 Å². The largest absolute Gasteiger partial charge is 0.0851 e. The van der Waals surface area contributed by atoms with Gasteiger partial charge in [-0.2, -0.15) is 0 Å². The number of hydrogen-bond acceptors (Lipinski definition) is 0. The van der Waals surface area contributed by atoms with Crippen LogP contribution in [0.3, 0.4) is 0 Å². The molecular weight excluding hydrogens is 120 g/mol. The van der Waals surface area contributed by atoms with E-state index in [0.717, 1.165) is 11.8 Å². The first kappa shape index (κ1) is 9.74. The number of rotatable bonds is 3. The second-order valence-electron chi connectivity index (χ2n) is 3.73. The van der Waals surface area contributed by atoms with Crippen molar-refractivity contribution in [1.29, 1.82) is 0 Å². The summed E-state index contributed by atoms with van der Waals surface area (Å²) >= 11 is 0. The Labute approximate surface area is 65.3 Å². The highest BCUT2D eigenvalue weighted by Crippen LogP contribution is 2.11. The predicted octanol–water partition coefficient (Wildman–Crippen LogP) is 3.63. The summed E-state index contributed by atoms with van der Waals surface area (Å²) in [4.78, 5) is 0. The maximum absolute atomic E-state index is 2.36. The fourth-order valence-corrected chi connectivity index (χ4v) is 0.657. The first-order chi connectivity index (χ1) is 4.54. The van der Waals surface area contributed by atoms with E-state index in [2.05, 4.69) is 40.7 Å². The lowest BCUT2D eigenvalue weighted by Gasteiger charge is -2.05. The van der Waals surface area contributed by atoms with Gasteiger partial charge in [-0.15, -0.1) is 0 Å². The Bertz CT molecular complexity index is 107. The zero-order chi connectivity index (χ0) is 8.15. The zero-order valence-electron chi connectivity index (χ0n) is 7.94. The number of hydrogen-bond donors (Lipinski definition) is 0. The lowest BCUT2D eigenvalue weighted by Crippen LogP contribution is -1.90. The molecule has 0 heteroatoms. The Morgan fingerprint density at radius 1 is 1.20 bits per heavy atom. The summed E-state index contributed by atoms with van der Waals surface area (Å²) in [5.74, 6) is 1.52. The van der Waals surface area contributed by atoms with Gasteiger partial charge in [0.15, 0.2) is 0 Å². The van der Waals surface area contributed by atoms with Gasteiger partial charge in [-0.1, -0.05) is 39.3 Å². The summed E-state index contributed by atoms with van der Waals surface area (Å²) in [5.41, 5.74) is 1.52. The number of allylic oxidation sites excluding steroid dienone is 2. The molecule has 0 saturated carbocycles. The molecule has 60 valence electrons. The fourth-order valence-electron chi connectivity index (χ4n) is 0.657. The normalized spacial score (nSPS) is 13.3. The Hall–Kier alpha value is -0.260. The van der Waals surface area contributed by atoms with Crippen molar-refractivity contribution in [3.8, 4) is 0 Å². The molecule has 0 aliphatic heterocycles. The van der Waals surface area contributed by atoms with Gasteiger partial charge < -0.3 is 0 Å². The van der Waals surface area contributed by atoms with Crippen LogP contribution in [0.2, 0.25) is 0 Å². The highest BCUT2D eigenvalue weighted by molar-refractivity contribution is 5.00. The van der Waals surface area contributed by atoms with Crippen molar-refractivity contribution >= 4 is 0 Å². The van der Waals surface area contributed by atoms with Gasteiger partial charge in [0.05, 0.1) is 0 Å². The van der Waals surface area contributed by atoms with Crippen LogP contribution in [-0.2, 0) is 0 Å². The Balaban J connectivity index is 3.69. The molecule has 0 aromatic heterocycles. The average Bonchev–Trinajstić information content (AvgIpc) is 1.82. The molecule has 0 nitrogen and oxygen atoms in total. The Kier molecular flexibility index (Phi) is 4.42. The minimum absolute atomic E-state index is 0.721. The van der Waals surface area contributed by atoms with E-state index in [9.17, 15) is 0 Å². The fraction of sp³-hybridized carbons (Fsp3) is 0.800. The minimum atomic E-state index is 0.721. The van der Waals surface area contributed by atoms with Crippen molar-refractivity contribution in [3.05, 3.63) is 11.6 Å². The highest BCUT2D eigenvalue weighted by atomic mass is 14.0. The van der Waals surface area contributed by atoms with Gasteiger partial charge in [-0.25, -0.2) is 0 Å². The summed E-state index contributed by atoms with van der Waals surface area (Å²) in [6.07, 6.45) is 3.58. The van der Waals surface area contributed by atoms with Gasteiger partial charge in [-0.3, -0.25) is 0 Å². The van der Waals surface area contributed by atoms with E-state index < -0.39 is 0 Å². The standard InChI is InChI=1S/C10H20/c1-8(2)6-7-10(5)9(3)4/h7-9H,6H2,1-5H3/b10-7-. The van der Waals surface area contributed by atoms with Crippen LogP contribution < -0.4 is 0 Å². The van der Waals surface area contributed by atoms with Crippen LogP contribution in [0.15, 0.2) is 11.6 Å². The molecule has 0 aliphatic rings. The summed E-state index contributed by atoms with van der Waals surface area (Å²) in [6.45, 7) is 11.2. The third-order valence-corrected chi connectivity index (χ3v) is 1.82. The summed E-state index contributed by atoms with van der Waals surface area (Å²) < 4.78 is 0. The van der Waals surface area contributed by atoms with Gasteiger partial charge in [0.1, 0.15) is 0 Å². The van der Waals surface area contributed by atoms with Crippen LogP contribution in [0.4, 0.5) is 0 Å². The Morgan fingerprint density at radius 2 is 1.70 bits per heavy atom. The van der Waals surface area contributed by atoms with Crippen LogP contribution >= 0.6 is 0 Å². The van der Waals surface area contributed by atoms with Gasteiger partial charge in [0, 0.05) is 0 Å².